The van der Waals surface area contributed by atoms with Gasteiger partial charge in [-0.05, 0) is 56.2 Å². The quantitative estimate of drug-likeness (QED) is 0.625. The fraction of sp³-hybridized carbons (Fsp3) is 0.261. The molecule has 3 aromatic rings. The summed E-state index contributed by atoms with van der Waals surface area (Å²) < 4.78 is 1.86. The molecule has 2 N–H and O–H groups in total. The highest BCUT2D eigenvalue weighted by molar-refractivity contribution is 6.05. The number of aryl methyl sites for hydroxylation is 2. The first kappa shape index (κ1) is 21.1. The van der Waals surface area contributed by atoms with E-state index in [0.717, 1.165) is 17.8 Å². The van der Waals surface area contributed by atoms with Crippen molar-refractivity contribution in [3.8, 4) is 0 Å². The Kier molecular flexibility index (Phi) is 6.20. The van der Waals surface area contributed by atoms with Crippen molar-refractivity contribution < 1.29 is 14.7 Å². The Morgan fingerprint density at radius 3 is 2.43 bits per heavy atom. The molecule has 2 aromatic carbocycles. The Bertz CT molecular complexity index is 1070. The minimum atomic E-state index is -1.04. The number of anilines is 2. The van der Waals surface area contributed by atoms with Gasteiger partial charge in [-0.25, -0.2) is 4.79 Å². The molecule has 0 aliphatic carbocycles. The van der Waals surface area contributed by atoms with Gasteiger partial charge in [0, 0.05) is 37.6 Å². The van der Waals surface area contributed by atoms with E-state index in [4.69, 9.17) is 0 Å². The van der Waals surface area contributed by atoms with Crippen LogP contribution in [0.1, 0.15) is 37.7 Å². The lowest BCUT2D eigenvalue weighted by molar-refractivity contribution is 0.0697. The molecule has 30 heavy (non-hydrogen) atoms. The highest BCUT2D eigenvalue weighted by Gasteiger charge is 2.17. The first-order valence-corrected chi connectivity index (χ1v) is 9.72. The van der Waals surface area contributed by atoms with E-state index >= 15 is 0 Å². The van der Waals surface area contributed by atoms with Crippen LogP contribution in [0.15, 0.2) is 48.5 Å². The Balaban J connectivity index is 1.77. The fourth-order valence-corrected chi connectivity index (χ4v) is 3.49. The third kappa shape index (κ3) is 4.51. The van der Waals surface area contributed by atoms with Crippen LogP contribution in [0.4, 0.5) is 11.4 Å². The van der Waals surface area contributed by atoms with Gasteiger partial charge in [0.2, 0.25) is 0 Å². The summed E-state index contributed by atoms with van der Waals surface area (Å²) in [5.74, 6) is -1.32. The molecule has 0 radical (unpaired) electrons. The van der Waals surface area contributed by atoms with Gasteiger partial charge in [0.05, 0.1) is 16.9 Å². The SMILES string of the molecule is Cc1nn(C)c(C)c1CCN(C)c1ccc(NC(=O)c2ccccc2)cc1C(=O)O. The van der Waals surface area contributed by atoms with E-state index in [2.05, 4.69) is 10.4 Å². The molecule has 0 aliphatic rings. The lowest BCUT2D eigenvalue weighted by Crippen LogP contribution is -2.23. The van der Waals surface area contributed by atoms with Crippen molar-refractivity contribution in [1.29, 1.82) is 0 Å². The lowest BCUT2D eigenvalue weighted by Gasteiger charge is -2.22. The molecule has 1 heterocycles. The maximum Gasteiger partial charge on any atom is 0.337 e. The summed E-state index contributed by atoms with van der Waals surface area (Å²) in [5.41, 5.74) is 4.96. The molecular weight excluding hydrogens is 380 g/mol. The van der Waals surface area contributed by atoms with Crippen LogP contribution in [0.2, 0.25) is 0 Å². The summed E-state index contributed by atoms with van der Waals surface area (Å²) >= 11 is 0. The molecular formula is C23H26N4O3. The van der Waals surface area contributed by atoms with Crippen LogP contribution in [0, 0.1) is 13.8 Å². The normalized spacial score (nSPS) is 10.7. The number of benzene rings is 2. The maximum absolute atomic E-state index is 12.4. The third-order valence-corrected chi connectivity index (χ3v) is 5.29. The van der Waals surface area contributed by atoms with E-state index in [0.29, 0.717) is 23.5 Å². The number of aromatic carboxylic acids is 1. The lowest BCUT2D eigenvalue weighted by atomic mass is 10.1. The van der Waals surface area contributed by atoms with Crippen molar-refractivity contribution >= 4 is 23.3 Å². The standard InChI is InChI=1S/C23H26N4O3/c1-15-19(16(2)27(4)25-15)12-13-26(3)21-11-10-18(14-20(21)23(29)30)24-22(28)17-8-6-5-7-9-17/h5-11,14H,12-13H2,1-4H3,(H,24,28)(H,29,30). The molecule has 0 saturated heterocycles. The second kappa shape index (κ2) is 8.82. The second-order valence-electron chi connectivity index (χ2n) is 7.30. The average molecular weight is 406 g/mol. The van der Waals surface area contributed by atoms with Crippen LogP contribution in [0.25, 0.3) is 0 Å². The zero-order chi connectivity index (χ0) is 21.8. The van der Waals surface area contributed by atoms with Crippen LogP contribution < -0.4 is 10.2 Å². The van der Waals surface area contributed by atoms with Gasteiger partial charge in [-0.1, -0.05) is 18.2 Å². The minimum Gasteiger partial charge on any atom is -0.478 e. The molecule has 7 heteroatoms. The maximum atomic E-state index is 12.4. The number of nitrogens with one attached hydrogen (secondary N) is 1. The minimum absolute atomic E-state index is 0.142. The van der Waals surface area contributed by atoms with Crippen LogP contribution >= 0.6 is 0 Å². The summed E-state index contributed by atoms with van der Waals surface area (Å²) in [6.07, 6.45) is 0.758. The number of rotatable bonds is 7. The van der Waals surface area contributed by atoms with Gasteiger partial charge in [0.1, 0.15) is 0 Å². The van der Waals surface area contributed by atoms with Crippen LogP contribution in [0.5, 0.6) is 0 Å². The predicted octanol–water partition coefficient (Wildman–Crippen LogP) is 3.67. The molecule has 0 saturated carbocycles. The van der Waals surface area contributed by atoms with Crippen LogP contribution in [0.3, 0.4) is 0 Å². The van der Waals surface area contributed by atoms with Gasteiger partial charge >= 0.3 is 5.97 Å². The Labute approximate surface area is 175 Å². The molecule has 0 fully saturated rings. The molecule has 1 amide bonds. The zero-order valence-electron chi connectivity index (χ0n) is 17.6. The number of hydrogen-bond acceptors (Lipinski definition) is 4. The van der Waals surface area contributed by atoms with Crippen molar-refractivity contribution in [3.63, 3.8) is 0 Å². The Morgan fingerprint density at radius 2 is 1.83 bits per heavy atom. The average Bonchev–Trinajstić information content (AvgIpc) is 2.97. The molecule has 3 rings (SSSR count). The number of carbonyl (C=O) groups is 2. The third-order valence-electron chi connectivity index (χ3n) is 5.29. The molecule has 1 aromatic heterocycles. The highest BCUT2D eigenvalue weighted by Crippen LogP contribution is 2.25. The summed E-state index contributed by atoms with van der Waals surface area (Å²) in [7, 11) is 3.78. The number of nitrogens with zero attached hydrogens (tertiary/aromatic N) is 3. The first-order valence-electron chi connectivity index (χ1n) is 9.72. The zero-order valence-corrected chi connectivity index (χ0v) is 17.6. The predicted molar refractivity (Wildman–Crippen MR) is 117 cm³/mol. The molecule has 0 unspecified atom stereocenters. The van der Waals surface area contributed by atoms with Crippen molar-refractivity contribution in [2.45, 2.75) is 20.3 Å². The number of hydrogen-bond donors (Lipinski definition) is 2. The second-order valence-corrected chi connectivity index (χ2v) is 7.30. The van der Waals surface area contributed by atoms with E-state index in [1.807, 2.05) is 43.6 Å². The largest absolute Gasteiger partial charge is 0.478 e. The van der Waals surface area contributed by atoms with Gasteiger partial charge in [-0.2, -0.15) is 5.10 Å². The van der Waals surface area contributed by atoms with Crippen LogP contribution in [-0.2, 0) is 13.5 Å². The number of carboxylic acid groups (broad SMARTS) is 1. The number of carboxylic acids is 1. The van der Waals surface area contributed by atoms with E-state index in [9.17, 15) is 14.7 Å². The monoisotopic (exact) mass is 406 g/mol. The number of likely N-dealkylation sites (N-methyl/N-ethyl adjacent to an activating group) is 1. The van der Waals surface area contributed by atoms with Gasteiger partial charge in [-0.15, -0.1) is 0 Å². The van der Waals surface area contributed by atoms with E-state index in [1.54, 1.807) is 36.4 Å². The van der Waals surface area contributed by atoms with Gasteiger partial charge in [-0.3, -0.25) is 9.48 Å². The van der Waals surface area contributed by atoms with Gasteiger partial charge in [0.25, 0.3) is 5.91 Å². The molecule has 156 valence electrons. The topological polar surface area (TPSA) is 87.5 Å². The fourth-order valence-electron chi connectivity index (χ4n) is 3.49. The smallest absolute Gasteiger partial charge is 0.337 e. The number of aromatic nitrogens is 2. The molecule has 0 atom stereocenters. The number of carbonyl (C=O) groups excluding carboxylic acids is 1. The molecule has 0 aliphatic heterocycles. The van der Waals surface area contributed by atoms with Crippen molar-refractivity contribution in [1.82, 2.24) is 9.78 Å². The Morgan fingerprint density at radius 1 is 1.13 bits per heavy atom. The van der Waals surface area contributed by atoms with Crippen molar-refractivity contribution in [2.75, 3.05) is 23.8 Å². The first-order chi connectivity index (χ1) is 14.3. The van der Waals surface area contributed by atoms with Gasteiger partial charge < -0.3 is 15.3 Å². The highest BCUT2D eigenvalue weighted by atomic mass is 16.4. The van der Waals surface area contributed by atoms with Gasteiger partial charge in [0.15, 0.2) is 0 Å². The molecule has 7 nitrogen and oxygen atoms in total. The van der Waals surface area contributed by atoms with Crippen LogP contribution in [-0.4, -0.2) is 40.4 Å². The summed E-state index contributed by atoms with van der Waals surface area (Å²) in [5, 5.41) is 16.9. The molecule has 0 bridgehead atoms. The summed E-state index contributed by atoms with van der Waals surface area (Å²) in [6.45, 7) is 4.65. The summed E-state index contributed by atoms with van der Waals surface area (Å²) in [4.78, 5) is 26.1. The summed E-state index contributed by atoms with van der Waals surface area (Å²) in [6, 6.07) is 13.7. The van der Waals surface area contributed by atoms with E-state index in [1.165, 1.54) is 11.6 Å². The number of amides is 1. The Hall–Kier alpha value is -3.61. The molecule has 0 spiro atoms. The van der Waals surface area contributed by atoms with Crippen molar-refractivity contribution in [2.24, 2.45) is 7.05 Å². The van der Waals surface area contributed by atoms with E-state index in [-0.39, 0.29) is 11.5 Å². The van der Waals surface area contributed by atoms with Crippen molar-refractivity contribution in [3.05, 3.63) is 76.6 Å². The van der Waals surface area contributed by atoms with E-state index < -0.39 is 5.97 Å².